The van der Waals surface area contributed by atoms with Crippen LogP contribution in [0.15, 0.2) is 70.3 Å². The largest absolute Gasteiger partial charge is 0.454 e. The van der Waals surface area contributed by atoms with Gasteiger partial charge in [0.1, 0.15) is 6.04 Å². The van der Waals surface area contributed by atoms with Crippen LogP contribution in [0.3, 0.4) is 0 Å². The Kier molecular flexibility index (Phi) is 7.00. The van der Waals surface area contributed by atoms with Crippen molar-refractivity contribution in [3.63, 3.8) is 0 Å². The normalized spacial score (nSPS) is 19.1. The number of carbonyl (C=O) groups is 2. The molecule has 1 aromatic heterocycles. The molecule has 0 bridgehead atoms. The van der Waals surface area contributed by atoms with Crippen molar-refractivity contribution in [3.05, 3.63) is 92.8 Å². The number of hydrogen-bond acceptors (Lipinski definition) is 7. The first-order chi connectivity index (χ1) is 19.9. The Bertz CT molecular complexity index is 1610. The molecule has 214 valence electrons. The van der Waals surface area contributed by atoms with Gasteiger partial charge in [0.05, 0.1) is 12.1 Å². The number of fused-ring (bicyclic) bond motifs is 3. The van der Waals surface area contributed by atoms with Crippen LogP contribution < -0.4 is 37.2 Å². The summed E-state index contributed by atoms with van der Waals surface area (Å²) >= 11 is 0. The second kappa shape index (κ2) is 10.8. The molecule has 1 saturated heterocycles. The first-order valence-corrected chi connectivity index (χ1v) is 13.7. The van der Waals surface area contributed by atoms with E-state index < -0.39 is 40.8 Å². The number of aryl methyl sites for hydroxylation is 1. The van der Waals surface area contributed by atoms with E-state index in [1.54, 1.807) is 24.3 Å². The lowest BCUT2D eigenvalue weighted by molar-refractivity contribution is -0.129. The van der Waals surface area contributed by atoms with Gasteiger partial charge in [-0.15, -0.1) is 0 Å². The van der Waals surface area contributed by atoms with Crippen molar-refractivity contribution in [2.75, 3.05) is 19.9 Å². The Morgan fingerprint density at radius 1 is 1.02 bits per heavy atom. The van der Waals surface area contributed by atoms with E-state index in [0.717, 1.165) is 10.1 Å². The number of rotatable bonds is 8. The van der Waals surface area contributed by atoms with Gasteiger partial charge in [-0.2, -0.15) is 0 Å². The molecule has 2 atom stereocenters. The van der Waals surface area contributed by atoms with Crippen molar-refractivity contribution in [1.82, 2.24) is 24.6 Å². The van der Waals surface area contributed by atoms with Crippen LogP contribution in [0.4, 0.5) is 0 Å². The van der Waals surface area contributed by atoms with Crippen LogP contribution in [0, 0.1) is 0 Å². The summed E-state index contributed by atoms with van der Waals surface area (Å²) in [4.78, 5) is 53.7. The summed E-state index contributed by atoms with van der Waals surface area (Å²) in [6.45, 7) is 1.40. The first-order valence-electron chi connectivity index (χ1n) is 13.7. The predicted molar refractivity (Wildman–Crippen MR) is 149 cm³/mol. The van der Waals surface area contributed by atoms with Gasteiger partial charge < -0.3 is 25.8 Å². The van der Waals surface area contributed by atoms with Crippen LogP contribution in [0.2, 0.25) is 0 Å². The smallest absolute Gasteiger partial charge is 0.348 e. The lowest BCUT2D eigenvalue weighted by Gasteiger charge is -2.40. The van der Waals surface area contributed by atoms with Crippen LogP contribution >= 0.6 is 0 Å². The molecule has 3 aliphatic heterocycles. The number of hydrogen-bond donors (Lipinski definition) is 3. The van der Waals surface area contributed by atoms with Gasteiger partial charge in [0.15, 0.2) is 17.5 Å². The lowest BCUT2D eigenvalue weighted by atomic mass is 9.86. The number of ether oxygens (including phenoxy) is 2. The van der Waals surface area contributed by atoms with Gasteiger partial charge in [0.2, 0.25) is 18.6 Å². The fourth-order valence-electron chi connectivity index (χ4n) is 5.86. The van der Waals surface area contributed by atoms with E-state index in [4.69, 9.17) is 15.2 Å². The summed E-state index contributed by atoms with van der Waals surface area (Å²) in [5.74, 6) is -0.117. The molecule has 41 heavy (non-hydrogen) atoms. The summed E-state index contributed by atoms with van der Waals surface area (Å²) in [5, 5.41) is 6.02. The number of benzene rings is 2. The van der Waals surface area contributed by atoms with Crippen molar-refractivity contribution in [2.24, 2.45) is 5.73 Å². The summed E-state index contributed by atoms with van der Waals surface area (Å²) in [5.41, 5.74) is 5.45. The number of nitrogens with two attached hydrogens (primary N) is 1. The van der Waals surface area contributed by atoms with E-state index in [-0.39, 0.29) is 13.3 Å². The molecule has 12 nitrogen and oxygen atoms in total. The zero-order valence-corrected chi connectivity index (χ0v) is 22.5. The number of piperidine rings is 1. The fourth-order valence-corrected chi connectivity index (χ4v) is 5.86. The van der Waals surface area contributed by atoms with Gasteiger partial charge in [-0.1, -0.05) is 48.6 Å². The maximum atomic E-state index is 13.9. The molecule has 2 amide bonds. The lowest BCUT2D eigenvalue weighted by Crippen LogP contribution is -2.55. The molecule has 6 rings (SSSR count). The second-order valence-electron chi connectivity index (χ2n) is 10.6. The van der Waals surface area contributed by atoms with Crippen molar-refractivity contribution >= 4 is 11.8 Å². The van der Waals surface area contributed by atoms with Crippen LogP contribution in [0.25, 0.3) is 0 Å². The van der Waals surface area contributed by atoms with Crippen molar-refractivity contribution in [3.8, 4) is 11.5 Å². The number of primary amides is 1. The predicted octanol–water partition coefficient (Wildman–Crippen LogP) is 0.381. The maximum Gasteiger partial charge on any atom is 0.348 e. The van der Waals surface area contributed by atoms with Gasteiger partial charge in [0, 0.05) is 0 Å². The molecule has 1 spiro atoms. The minimum atomic E-state index is -1.13. The van der Waals surface area contributed by atoms with Crippen LogP contribution in [0.1, 0.15) is 36.4 Å². The quantitative estimate of drug-likeness (QED) is 0.337. The molecule has 4 heterocycles. The average Bonchev–Trinajstić information content (AvgIpc) is 3.55. The summed E-state index contributed by atoms with van der Waals surface area (Å²) < 4.78 is 14.6. The topological polar surface area (TPSA) is 152 Å². The molecule has 2 aromatic carbocycles. The number of allylic oxidation sites excluding steroid dienone is 1. The molecule has 12 heteroatoms. The number of aromatic nitrogens is 3. The van der Waals surface area contributed by atoms with E-state index in [1.165, 1.54) is 9.36 Å². The standard InChI is InChI=1S/C29H32N6O6/c30-25(36)21(8-6-19-4-2-1-3-5-19)32-26(37)22-10-11-29(12-14-31-15-13-29)35-28(39)33(27(38)34(22)35)17-20-7-9-23-24(16-20)41-18-40-23/h1-5,7,9-11,16,21-22,31H,6,8,12-15,17-18H2,(H2,30,36)(H,32,37)/t21-,22?/m0/s1. The highest BCUT2D eigenvalue weighted by molar-refractivity contribution is 5.89. The highest BCUT2D eigenvalue weighted by atomic mass is 16.7. The molecule has 0 saturated carbocycles. The average molecular weight is 561 g/mol. The summed E-state index contributed by atoms with van der Waals surface area (Å²) in [6.07, 6.45) is 5.49. The Morgan fingerprint density at radius 2 is 1.78 bits per heavy atom. The third-order valence-electron chi connectivity index (χ3n) is 8.07. The maximum absolute atomic E-state index is 13.9. The fraction of sp³-hybridized carbons (Fsp3) is 0.379. The number of nitrogens with one attached hydrogen (secondary N) is 2. The molecule has 3 aromatic rings. The Morgan fingerprint density at radius 3 is 2.54 bits per heavy atom. The summed E-state index contributed by atoms with van der Waals surface area (Å²) in [6, 6.07) is 12.7. The van der Waals surface area contributed by atoms with E-state index in [1.807, 2.05) is 36.4 Å². The van der Waals surface area contributed by atoms with Gasteiger partial charge >= 0.3 is 11.4 Å². The minimum Gasteiger partial charge on any atom is -0.454 e. The van der Waals surface area contributed by atoms with E-state index >= 15 is 0 Å². The molecular weight excluding hydrogens is 528 g/mol. The first kappa shape index (κ1) is 26.6. The Balaban J connectivity index is 1.33. The van der Waals surface area contributed by atoms with Crippen molar-refractivity contribution < 1.29 is 19.1 Å². The van der Waals surface area contributed by atoms with Gasteiger partial charge in [0.25, 0.3) is 0 Å². The van der Waals surface area contributed by atoms with E-state index in [0.29, 0.717) is 55.8 Å². The Labute approximate surface area is 235 Å². The Hall–Kier alpha value is -4.58. The van der Waals surface area contributed by atoms with Crippen LogP contribution in [-0.4, -0.2) is 51.7 Å². The van der Waals surface area contributed by atoms with Gasteiger partial charge in [-0.05, 0) is 62.0 Å². The number of amides is 2. The van der Waals surface area contributed by atoms with Crippen molar-refractivity contribution in [2.45, 2.75) is 49.9 Å². The third-order valence-corrected chi connectivity index (χ3v) is 8.07. The molecule has 1 fully saturated rings. The minimum absolute atomic E-state index is 0.00897. The SMILES string of the molecule is NC(=O)[C@H](CCc1ccccc1)NC(=O)C1C=CC2(CCNCC2)n2c(=O)n(Cc3ccc4c(c3)OCO4)c(=O)n21. The molecule has 1 unspecified atom stereocenters. The van der Waals surface area contributed by atoms with E-state index in [2.05, 4.69) is 10.6 Å². The third kappa shape index (κ3) is 4.95. The number of nitrogens with zero attached hydrogens (tertiary/aromatic N) is 3. The highest BCUT2D eigenvalue weighted by Gasteiger charge is 2.43. The molecule has 0 aliphatic carbocycles. The zero-order valence-electron chi connectivity index (χ0n) is 22.5. The molecule has 0 radical (unpaired) electrons. The number of carbonyl (C=O) groups excluding carboxylic acids is 2. The zero-order chi connectivity index (χ0) is 28.6. The molecule has 4 N–H and O–H groups in total. The van der Waals surface area contributed by atoms with Gasteiger partial charge in [-0.25, -0.2) is 23.5 Å². The van der Waals surface area contributed by atoms with Gasteiger partial charge in [-0.3, -0.25) is 9.59 Å². The highest BCUT2D eigenvalue weighted by Crippen LogP contribution is 2.34. The van der Waals surface area contributed by atoms with Crippen LogP contribution in [-0.2, 0) is 28.1 Å². The monoisotopic (exact) mass is 560 g/mol. The summed E-state index contributed by atoms with van der Waals surface area (Å²) in [7, 11) is 0. The molecular formula is C29H32N6O6. The second-order valence-corrected chi connectivity index (χ2v) is 10.6. The van der Waals surface area contributed by atoms with E-state index in [9.17, 15) is 19.2 Å². The van der Waals surface area contributed by atoms with Crippen molar-refractivity contribution in [1.29, 1.82) is 0 Å². The van der Waals surface area contributed by atoms with Crippen LogP contribution in [0.5, 0.6) is 11.5 Å². The molecule has 3 aliphatic rings.